The van der Waals surface area contributed by atoms with Crippen molar-refractivity contribution in [2.75, 3.05) is 12.8 Å². The highest BCUT2D eigenvalue weighted by atomic mass is 32.2. The Morgan fingerprint density at radius 3 is 2.77 bits per heavy atom. The lowest BCUT2D eigenvalue weighted by atomic mass is 9.84. The molecule has 0 fully saturated rings. The van der Waals surface area contributed by atoms with E-state index in [0.29, 0.717) is 18.0 Å². The third kappa shape index (κ3) is 2.43. The average Bonchev–Trinajstić information content (AvgIpc) is 2.03. The molecule has 0 amide bonds. The van der Waals surface area contributed by atoms with Gasteiger partial charge in [-0.1, -0.05) is 13.8 Å². The Balaban J connectivity index is 2.85. The van der Waals surface area contributed by atoms with Crippen LogP contribution in [0, 0.1) is 15.5 Å². The molecule has 5 heteroatoms. The quantitative estimate of drug-likeness (QED) is 0.481. The number of nitrogens with zero attached hydrogens (tertiary/aromatic N) is 2. The van der Waals surface area contributed by atoms with Gasteiger partial charge in [-0.3, -0.25) is 15.1 Å². The molecule has 0 bridgehead atoms. The van der Waals surface area contributed by atoms with E-state index in [1.165, 1.54) is 11.8 Å². The highest BCUT2D eigenvalue weighted by molar-refractivity contribution is 8.13. The van der Waals surface area contributed by atoms with Crippen LogP contribution in [0.15, 0.2) is 4.99 Å². The first-order valence-electron chi connectivity index (χ1n) is 4.18. The van der Waals surface area contributed by atoms with Crippen LogP contribution >= 0.6 is 11.8 Å². The Kier molecular flexibility index (Phi) is 2.95. The third-order valence-electron chi connectivity index (χ3n) is 2.16. The first kappa shape index (κ1) is 10.5. The zero-order valence-electron chi connectivity index (χ0n) is 8.11. The van der Waals surface area contributed by atoms with Gasteiger partial charge >= 0.3 is 0 Å². The Labute approximate surface area is 82.0 Å². The molecule has 0 saturated heterocycles. The maximum absolute atomic E-state index is 10.7. The van der Waals surface area contributed by atoms with E-state index in [0.717, 1.165) is 0 Å². The van der Waals surface area contributed by atoms with Crippen molar-refractivity contribution in [3.8, 4) is 0 Å². The van der Waals surface area contributed by atoms with Crippen molar-refractivity contribution in [3.05, 3.63) is 10.1 Å². The minimum absolute atomic E-state index is 0.0308. The molecule has 1 atom stereocenters. The Bertz CT molecular complexity index is 251. The molecule has 4 nitrogen and oxygen atoms in total. The Morgan fingerprint density at radius 2 is 2.31 bits per heavy atom. The predicted molar refractivity (Wildman–Crippen MR) is 55.0 cm³/mol. The van der Waals surface area contributed by atoms with Crippen LogP contribution in [0.1, 0.15) is 20.3 Å². The average molecular weight is 202 g/mol. The highest BCUT2D eigenvalue weighted by Crippen LogP contribution is 2.30. The van der Waals surface area contributed by atoms with Gasteiger partial charge in [-0.2, -0.15) is 0 Å². The maximum atomic E-state index is 10.7. The van der Waals surface area contributed by atoms with E-state index < -0.39 is 6.04 Å². The van der Waals surface area contributed by atoms with Gasteiger partial charge in [0.2, 0.25) is 0 Å². The molecule has 0 aromatic rings. The predicted octanol–water partition coefficient (Wildman–Crippen LogP) is 1.82. The Hall–Kier alpha value is -0.580. The maximum Gasteiger partial charge on any atom is 0.260 e. The first-order valence-corrected chi connectivity index (χ1v) is 5.40. The topological polar surface area (TPSA) is 55.5 Å². The molecule has 0 saturated carbocycles. The summed E-state index contributed by atoms with van der Waals surface area (Å²) >= 11 is 1.39. The summed E-state index contributed by atoms with van der Waals surface area (Å²) in [4.78, 5) is 14.7. The van der Waals surface area contributed by atoms with E-state index in [4.69, 9.17) is 0 Å². The second-order valence-electron chi connectivity index (χ2n) is 4.03. The molecule has 1 rings (SSSR count). The van der Waals surface area contributed by atoms with Gasteiger partial charge in [0.25, 0.3) is 6.04 Å². The first-order chi connectivity index (χ1) is 5.96. The molecule has 1 heterocycles. The number of hydrogen-bond donors (Lipinski definition) is 0. The van der Waals surface area contributed by atoms with Gasteiger partial charge in [-0.25, -0.2) is 0 Å². The fourth-order valence-corrected chi connectivity index (χ4v) is 2.07. The molecule has 0 spiro atoms. The van der Waals surface area contributed by atoms with Gasteiger partial charge in [-0.15, -0.1) is 11.8 Å². The summed E-state index contributed by atoms with van der Waals surface area (Å²) in [7, 11) is 0. The zero-order chi connectivity index (χ0) is 10.1. The van der Waals surface area contributed by atoms with Crippen LogP contribution in [0.3, 0.4) is 0 Å². The summed E-state index contributed by atoms with van der Waals surface area (Å²) in [5.41, 5.74) is -0.0308. The molecule has 1 unspecified atom stereocenters. The molecule has 0 aromatic carbocycles. The van der Waals surface area contributed by atoms with Crippen molar-refractivity contribution in [2.24, 2.45) is 10.4 Å². The van der Waals surface area contributed by atoms with Gasteiger partial charge in [0.1, 0.15) is 5.04 Å². The van der Waals surface area contributed by atoms with Crippen molar-refractivity contribution in [3.63, 3.8) is 0 Å². The largest absolute Gasteiger partial charge is 0.276 e. The number of thioether (sulfide) groups is 1. The summed E-state index contributed by atoms with van der Waals surface area (Å²) < 4.78 is 0. The summed E-state index contributed by atoms with van der Waals surface area (Å²) in [6.07, 6.45) is 2.44. The molecule has 74 valence electrons. The lowest BCUT2D eigenvalue weighted by Crippen LogP contribution is -2.38. The van der Waals surface area contributed by atoms with E-state index in [9.17, 15) is 10.1 Å². The lowest BCUT2D eigenvalue weighted by Gasteiger charge is -2.28. The van der Waals surface area contributed by atoms with Gasteiger partial charge in [0, 0.05) is 17.9 Å². The van der Waals surface area contributed by atoms with E-state index in [1.807, 2.05) is 20.1 Å². The minimum Gasteiger partial charge on any atom is -0.276 e. The number of nitro groups is 1. The SMILES string of the molecule is CSC1=NCC(C)(C)CC1[N+](=O)[O-]. The molecule has 0 radical (unpaired) electrons. The van der Waals surface area contributed by atoms with Gasteiger partial charge in [-0.05, 0) is 11.7 Å². The summed E-state index contributed by atoms with van der Waals surface area (Å²) in [6, 6.07) is -0.584. The Morgan fingerprint density at radius 1 is 1.69 bits per heavy atom. The van der Waals surface area contributed by atoms with Crippen molar-refractivity contribution < 1.29 is 4.92 Å². The smallest absolute Gasteiger partial charge is 0.260 e. The molecule has 13 heavy (non-hydrogen) atoms. The molecule has 0 aliphatic carbocycles. The minimum atomic E-state index is -0.584. The molecule has 0 aromatic heterocycles. The monoisotopic (exact) mass is 202 g/mol. The second-order valence-corrected chi connectivity index (χ2v) is 4.85. The third-order valence-corrected chi connectivity index (χ3v) is 2.98. The normalized spacial score (nSPS) is 26.7. The number of hydrogen-bond acceptors (Lipinski definition) is 4. The van der Waals surface area contributed by atoms with Crippen molar-refractivity contribution in [1.82, 2.24) is 0 Å². The van der Waals surface area contributed by atoms with Crippen LogP contribution in [0.25, 0.3) is 0 Å². The van der Waals surface area contributed by atoms with Crippen LogP contribution in [0.5, 0.6) is 0 Å². The van der Waals surface area contributed by atoms with Gasteiger partial charge < -0.3 is 0 Å². The van der Waals surface area contributed by atoms with Crippen LogP contribution in [-0.2, 0) is 0 Å². The molecular formula is C8H14N2O2S. The van der Waals surface area contributed by atoms with Crippen LogP contribution in [0.2, 0.25) is 0 Å². The molecular weight excluding hydrogens is 188 g/mol. The summed E-state index contributed by atoms with van der Waals surface area (Å²) in [5.74, 6) is 0. The van der Waals surface area contributed by atoms with Crippen molar-refractivity contribution >= 4 is 16.8 Å². The number of aliphatic imine (C=N–C) groups is 1. The molecule has 1 aliphatic heterocycles. The van der Waals surface area contributed by atoms with E-state index in [2.05, 4.69) is 4.99 Å². The molecule has 1 aliphatic rings. The van der Waals surface area contributed by atoms with Crippen molar-refractivity contribution in [2.45, 2.75) is 26.3 Å². The van der Waals surface area contributed by atoms with E-state index in [1.54, 1.807) is 0 Å². The van der Waals surface area contributed by atoms with Crippen LogP contribution < -0.4 is 0 Å². The lowest BCUT2D eigenvalue weighted by molar-refractivity contribution is -0.506. The number of rotatable bonds is 1. The summed E-state index contributed by atoms with van der Waals surface area (Å²) in [6.45, 7) is 4.74. The fourth-order valence-electron chi connectivity index (χ4n) is 1.44. The van der Waals surface area contributed by atoms with Gasteiger partial charge in [0.15, 0.2) is 0 Å². The second kappa shape index (κ2) is 3.65. The van der Waals surface area contributed by atoms with Crippen molar-refractivity contribution in [1.29, 1.82) is 0 Å². The zero-order valence-corrected chi connectivity index (χ0v) is 8.93. The molecule has 0 N–H and O–H groups in total. The van der Waals surface area contributed by atoms with Gasteiger partial charge in [0.05, 0.1) is 0 Å². The van der Waals surface area contributed by atoms with E-state index in [-0.39, 0.29) is 10.3 Å². The van der Waals surface area contributed by atoms with Crippen LogP contribution in [-0.4, -0.2) is 28.8 Å². The summed E-state index contributed by atoms with van der Waals surface area (Å²) in [5, 5.41) is 11.4. The standard InChI is InChI=1S/C8H14N2O2S/c1-8(2)4-6(10(11)12)7(13-3)9-5-8/h6H,4-5H2,1-3H3. The van der Waals surface area contributed by atoms with Crippen LogP contribution in [0.4, 0.5) is 0 Å². The van der Waals surface area contributed by atoms with E-state index >= 15 is 0 Å². The highest BCUT2D eigenvalue weighted by Gasteiger charge is 2.37. The fraction of sp³-hybridized carbons (Fsp3) is 0.875.